The first kappa shape index (κ1) is 5.47. The first-order valence-electron chi connectivity index (χ1n) is 2.66. The van der Waals surface area contributed by atoms with Crippen LogP contribution < -0.4 is 18.9 Å². The van der Waals surface area contributed by atoms with Crippen molar-refractivity contribution in [1.29, 1.82) is 0 Å². The molecule has 7 heavy (non-hydrogen) atoms. The molecule has 2 aliphatic carbocycles. The Morgan fingerprint density at radius 2 is 1.14 bits per heavy atom. The van der Waals surface area contributed by atoms with Crippen molar-refractivity contribution in [1.82, 2.24) is 0 Å². The van der Waals surface area contributed by atoms with Crippen LogP contribution in [0.25, 0.3) is 0 Å². The zero-order chi connectivity index (χ0) is 3.98. The molecule has 0 atom stereocenters. The van der Waals surface area contributed by atoms with Crippen LogP contribution in [0.15, 0.2) is 11.1 Å². The zero-order valence-corrected chi connectivity index (χ0v) is 4.83. The zero-order valence-electron chi connectivity index (χ0n) is 5.83. The monoisotopic (exact) mass is 88.1 g/mol. The van der Waals surface area contributed by atoms with Crippen molar-refractivity contribution in [2.45, 2.75) is 25.7 Å². The summed E-state index contributed by atoms with van der Waals surface area (Å²) in [5.74, 6) is 0. The first-order valence-corrected chi connectivity index (χ1v) is 2.66. The summed E-state index contributed by atoms with van der Waals surface area (Å²) in [4.78, 5) is 0. The minimum atomic E-state index is 0. The van der Waals surface area contributed by atoms with Crippen LogP contribution in [0.4, 0.5) is 0 Å². The Balaban J connectivity index is 0.000000245. The topological polar surface area (TPSA) is 0 Å². The molecule has 1 heteroatoms. The van der Waals surface area contributed by atoms with Gasteiger partial charge in [0.15, 0.2) is 0 Å². The number of allylic oxidation sites excluding steroid dienone is 2. The van der Waals surface area contributed by atoms with E-state index in [4.69, 9.17) is 0 Å². The third kappa shape index (κ3) is 1.12. The van der Waals surface area contributed by atoms with Crippen molar-refractivity contribution in [3.63, 3.8) is 0 Å². The van der Waals surface area contributed by atoms with Crippen LogP contribution in [0, 0.1) is 0 Å². The molecular formula is C6H9Li. The Morgan fingerprint density at radius 3 is 1.29 bits per heavy atom. The second kappa shape index (κ2) is 1.69. The standard InChI is InChI=1S/C6H8.Li.H/c1-2-5(1)6-3-4-6;;/h1-4H2;;/q;+1;-1. The molecule has 0 heterocycles. The van der Waals surface area contributed by atoms with Crippen molar-refractivity contribution in [2.75, 3.05) is 0 Å². The molecule has 0 unspecified atom stereocenters. The van der Waals surface area contributed by atoms with Crippen molar-refractivity contribution < 1.29 is 20.3 Å². The van der Waals surface area contributed by atoms with Gasteiger partial charge in [0.2, 0.25) is 0 Å². The van der Waals surface area contributed by atoms with E-state index in [1.165, 1.54) is 25.7 Å². The molecule has 0 aromatic heterocycles. The van der Waals surface area contributed by atoms with Crippen LogP contribution in [-0.2, 0) is 0 Å². The van der Waals surface area contributed by atoms with Gasteiger partial charge < -0.3 is 1.43 Å². The average molecular weight is 88.1 g/mol. The van der Waals surface area contributed by atoms with Gasteiger partial charge >= 0.3 is 18.9 Å². The Labute approximate surface area is 57.6 Å². The molecular weight excluding hydrogens is 79.0 g/mol. The second-order valence-corrected chi connectivity index (χ2v) is 2.21. The third-order valence-corrected chi connectivity index (χ3v) is 1.50. The van der Waals surface area contributed by atoms with Gasteiger partial charge in [-0.3, -0.25) is 0 Å². The molecule has 0 N–H and O–H groups in total. The summed E-state index contributed by atoms with van der Waals surface area (Å²) in [6.07, 6.45) is 5.76. The van der Waals surface area contributed by atoms with E-state index in [1.807, 2.05) is 0 Å². The number of hydrogen-bond acceptors (Lipinski definition) is 0. The maximum absolute atomic E-state index is 1.79. The van der Waals surface area contributed by atoms with E-state index in [-0.39, 0.29) is 20.3 Å². The predicted octanol–water partition coefficient (Wildman–Crippen LogP) is -1.01. The van der Waals surface area contributed by atoms with Crippen LogP contribution in [0.2, 0.25) is 0 Å². The van der Waals surface area contributed by atoms with Gasteiger partial charge in [-0.25, -0.2) is 0 Å². The third-order valence-electron chi connectivity index (χ3n) is 1.50. The summed E-state index contributed by atoms with van der Waals surface area (Å²) < 4.78 is 0. The molecule has 0 nitrogen and oxygen atoms in total. The molecule has 0 amide bonds. The molecule has 0 aromatic rings. The van der Waals surface area contributed by atoms with Gasteiger partial charge in [-0.1, -0.05) is 11.1 Å². The quantitative estimate of drug-likeness (QED) is 0.263. The van der Waals surface area contributed by atoms with E-state index < -0.39 is 0 Å². The van der Waals surface area contributed by atoms with Crippen molar-refractivity contribution in [2.24, 2.45) is 0 Å². The largest absolute Gasteiger partial charge is 1.00 e. The van der Waals surface area contributed by atoms with Crippen molar-refractivity contribution in [3.8, 4) is 0 Å². The molecule has 2 aliphatic rings. The first-order chi connectivity index (χ1) is 2.97. The van der Waals surface area contributed by atoms with E-state index in [0.29, 0.717) is 0 Å². The van der Waals surface area contributed by atoms with Gasteiger partial charge in [0, 0.05) is 0 Å². The fourth-order valence-corrected chi connectivity index (χ4v) is 0.832. The summed E-state index contributed by atoms with van der Waals surface area (Å²) in [6, 6.07) is 0. The second-order valence-electron chi connectivity index (χ2n) is 2.21. The molecule has 2 saturated carbocycles. The van der Waals surface area contributed by atoms with Gasteiger partial charge in [-0.05, 0) is 25.7 Å². The normalized spacial score (nSPS) is 24.0. The molecule has 0 saturated heterocycles. The molecule has 0 aliphatic heterocycles. The van der Waals surface area contributed by atoms with E-state index in [0.717, 1.165) is 0 Å². The maximum Gasteiger partial charge on any atom is 1.00 e. The Hall–Kier alpha value is 0.337. The summed E-state index contributed by atoms with van der Waals surface area (Å²) in [7, 11) is 0. The SMILES string of the molecule is C1CC1=C1CC1.[H-].[Li+]. The van der Waals surface area contributed by atoms with Gasteiger partial charge in [0.1, 0.15) is 0 Å². The molecule has 0 spiro atoms. The number of hydrogen-bond donors (Lipinski definition) is 0. The van der Waals surface area contributed by atoms with Crippen LogP contribution in [0.5, 0.6) is 0 Å². The van der Waals surface area contributed by atoms with Gasteiger partial charge in [0.05, 0.1) is 0 Å². The summed E-state index contributed by atoms with van der Waals surface area (Å²) >= 11 is 0. The minimum Gasteiger partial charge on any atom is -1.00 e. The van der Waals surface area contributed by atoms with Crippen LogP contribution in [0.1, 0.15) is 27.1 Å². The van der Waals surface area contributed by atoms with E-state index in [2.05, 4.69) is 0 Å². The maximum atomic E-state index is 1.79. The fraction of sp³-hybridized carbons (Fsp3) is 0.667. The van der Waals surface area contributed by atoms with Crippen molar-refractivity contribution >= 4 is 0 Å². The molecule has 0 bridgehead atoms. The molecule has 2 rings (SSSR count). The molecule has 34 valence electrons. The van der Waals surface area contributed by atoms with Gasteiger partial charge in [-0.15, -0.1) is 0 Å². The number of rotatable bonds is 0. The van der Waals surface area contributed by atoms with Gasteiger partial charge in [-0.2, -0.15) is 0 Å². The molecule has 0 aromatic carbocycles. The Morgan fingerprint density at radius 1 is 0.857 bits per heavy atom. The van der Waals surface area contributed by atoms with Crippen LogP contribution in [0.3, 0.4) is 0 Å². The summed E-state index contributed by atoms with van der Waals surface area (Å²) in [5.41, 5.74) is 3.57. The average Bonchev–Trinajstić information content (AvgIpc) is 2.26. The van der Waals surface area contributed by atoms with Crippen LogP contribution in [-0.4, -0.2) is 0 Å². The van der Waals surface area contributed by atoms with Gasteiger partial charge in [0.25, 0.3) is 0 Å². The minimum absolute atomic E-state index is 0. The predicted molar refractivity (Wildman–Crippen MR) is 26.6 cm³/mol. The molecule has 2 fully saturated rings. The van der Waals surface area contributed by atoms with E-state index in [1.54, 1.807) is 11.1 Å². The van der Waals surface area contributed by atoms with Crippen molar-refractivity contribution in [3.05, 3.63) is 11.1 Å². The fourth-order valence-electron chi connectivity index (χ4n) is 0.832. The van der Waals surface area contributed by atoms with Crippen LogP contribution >= 0.6 is 0 Å². The molecule has 0 radical (unpaired) electrons. The van der Waals surface area contributed by atoms with E-state index in [9.17, 15) is 0 Å². The smallest absolute Gasteiger partial charge is 1.00 e. The Kier molecular flexibility index (Phi) is 1.32. The Bertz CT molecular complexity index is 91.7. The van der Waals surface area contributed by atoms with E-state index >= 15 is 0 Å². The summed E-state index contributed by atoms with van der Waals surface area (Å²) in [6.45, 7) is 0. The summed E-state index contributed by atoms with van der Waals surface area (Å²) in [5, 5.41) is 0.